The number of hydrogen-bond donors (Lipinski definition) is 1. The van der Waals surface area contributed by atoms with E-state index in [9.17, 15) is 9.59 Å². The minimum absolute atomic E-state index is 0.0407. The van der Waals surface area contributed by atoms with Crippen LogP contribution in [0.1, 0.15) is 48.9 Å². The van der Waals surface area contributed by atoms with Crippen LogP contribution in [0, 0.1) is 5.92 Å². The molecule has 1 saturated heterocycles. The van der Waals surface area contributed by atoms with E-state index in [2.05, 4.69) is 17.4 Å². The molecule has 1 aliphatic heterocycles. The van der Waals surface area contributed by atoms with Crippen molar-refractivity contribution in [3.05, 3.63) is 60.2 Å². The Morgan fingerprint density at radius 1 is 0.828 bits per heavy atom. The van der Waals surface area contributed by atoms with Gasteiger partial charge in [-0.2, -0.15) is 0 Å². The molecule has 4 heteroatoms. The Bertz CT molecular complexity index is 820. The number of nitrogens with one attached hydrogen (secondary N) is 1. The van der Waals surface area contributed by atoms with E-state index in [1.54, 1.807) is 0 Å². The van der Waals surface area contributed by atoms with Crippen molar-refractivity contribution in [3.8, 4) is 11.1 Å². The highest BCUT2D eigenvalue weighted by atomic mass is 16.2. The van der Waals surface area contributed by atoms with Gasteiger partial charge in [-0.1, -0.05) is 54.6 Å². The summed E-state index contributed by atoms with van der Waals surface area (Å²) < 4.78 is 0. The monoisotopic (exact) mass is 390 g/mol. The van der Waals surface area contributed by atoms with E-state index in [-0.39, 0.29) is 18.1 Å². The summed E-state index contributed by atoms with van der Waals surface area (Å²) in [6, 6.07) is 18.3. The molecule has 0 radical (unpaired) electrons. The van der Waals surface area contributed by atoms with E-state index in [1.165, 1.54) is 12.8 Å². The topological polar surface area (TPSA) is 49.4 Å². The minimum Gasteiger partial charge on any atom is -0.343 e. The quantitative estimate of drug-likeness (QED) is 0.684. The van der Waals surface area contributed by atoms with Crippen LogP contribution >= 0.6 is 0 Å². The lowest BCUT2D eigenvalue weighted by atomic mass is 10.0. The van der Waals surface area contributed by atoms with Gasteiger partial charge < -0.3 is 10.2 Å². The Balaban J connectivity index is 1.21. The number of carbonyl (C=O) groups excluding carboxylic acids is 2. The molecule has 29 heavy (non-hydrogen) atoms. The maximum Gasteiger partial charge on any atom is 0.223 e. The number of hydrogen-bond acceptors (Lipinski definition) is 3. The van der Waals surface area contributed by atoms with Gasteiger partial charge in [0.05, 0.1) is 0 Å². The van der Waals surface area contributed by atoms with E-state index in [1.807, 2.05) is 47.4 Å². The molecule has 0 unspecified atom stereocenters. The van der Waals surface area contributed by atoms with Crippen LogP contribution < -0.4 is 5.32 Å². The summed E-state index contributed by atoms with van der Waals surface area (Å²) in [5.41, 5.74) is 2.91. The Kier molecular flexibility index (Phi) is 6.40. The number of likely N-dealkylation sites (tertiary alicyclic amines) is 1. The van der Waals surface area contributed by atoms with Gasteiger partial charge in [0.2, 0.25) is 5.91 Å². The van der Waals surface area contributed by atoms with Crippen LogP contribution in [0.15, 0.2) is 54.6 Å². The average Bonchev–Trinajstić information content (AvgIpc) is 3.61. The average molecular weight is 391 g/mol. The second-order valence-electron chi connectivity index (χ2n) is 8.37. The van der Waals surface area contributed by atoms with Crippen molar-refractivity contribution in [1.29, 1.82) is 0 Å². The van der Waals surface area contributed by atoms with Crippen molar-refractivity contribution in [2.24, 2.45) is 5.92 Å². The summed E-state index contributed by atoms with van der Waals surface area (Å²) in [5, 5.41) is 3.64. The van der Waals surface area contributed by atoms with Crippen LogP contribution in [0.4, 0.5) is 0 Å². The van der Waals surface area contributed by atoms with Crippen molar-refractivity contribution >= 4 is 11.7 Å². The first-order chi connectivity index (χ1) is 14.2. The summed E-state index contributed by atoms with van der Waals surface area (Å²) >= 11 is 0. The van der Waals surface area contributed by atoms with Gasteiger partial charge in [-0.15, -0.1) is 0 Å². The van der Waals surface area contributed by atoms with E-state index in [0.29, 0.717) is 18.0 Å². The highest BCUT2D eigenvalue weighted by Gasteiger charge is 2.26. The number of benzene rings is 2. The molecule has 0 bridgehead atoms. The number of rotatable bonds is 8. The summed E-state index contributed by atoms with van der Waals surface area (Å²) in [5.74, 6) is 1.04. The highest BCUT2D eigenvalue weighted by molar-refractivity contribution is 5.98. The van der Waals surface area contributed by atoms with Gasteiger partial charge in [0, 0.05) is 37.5 Å². The van der Waals surface area contributed by atoms with Crippen LogP contribution in [0.25, 0.3) is 11.1 Å². The molecule has 1 saturated carbocycles. The lowest BCUT2D eigenvalue weighted by Gasteiger charge is -2.32. The van der Waals surface area contributed by atoms with Crippen LogP contribution in [-0.2, 0) is 4.79 Å². The van der Waals surface area contributed by atoms with E-state index >= 15 is 0 Å². The molecule has 2 fully saturated rings. The van der Waals surface area contributed by atoms with E-state index < -0.39 is 0 Å². The number of carbonyl (C=O) groups is 2. The number of ketones is 1. The Hall–Kier alpha value is -2.46. The molecule has 4 nitrogen and oxygen atoms in total. The SMILES string of the molecule is O=C(CCC(=O)N1CCC(NCC2CC2)CC1)c1ccc(-c2ccccc2)cc1. The third-order valence-corrected chi connectivity index (χ3v) is 6.12. The summed E-state index contributed by atoms with van der Waals surface area (Å²) in [6.45, 7) is 2.75. The van der Waals surface area contributed by atoms with Gasteiger partial charge in [-0.05, 0) is 49.3 Å². The summed E-state index contributed by atoms with van der Waals surface area (Å²) in [7, 11) is 0. The zero-order valence-corrected chi connectivity index (χ0v) is 17.0. The van der Waals surface area contributed by atoms with Gasteiger partial charge in [-0.3, -0.25) is 9.59 Å². The first kappa shape index (κ1) is 19.8. The van der Waals surface area contributed by atoms with Crippen molar-refractivity contribution in [1.82, 2.24) is 10.2 Å². The third-order valence-electron chi connectivity index (χ3n) is 6.12. The smallest absolute Gasteiger partial charge is 0.223 e. The van der Waals surface area contributed by atoms with Crippen molar-refractivity contribution in [3.63, 3.8) is 0 Å². The molecular formula is C25H30N2O2. The first-order valence-corrected chi connectivity index (χ1v) is 10.9. The molecule has 152 valence electrons. The Morgan fingerprint density at radius 2 is 1.48 bits per heavy atom. The molecule has 1 heterocycles. The summed E-state index contributed by atoms with van der Waals surface area (Å²) in [6.07, 6.45) is 5.37. The molecule has 1 amide bonds. The van der Waals surface area contributed by atoms with Gasteiger partial charge >= 0.3 is 0 Å². The van der Waals surface area contributed by atoms with Crippen LogP contribution in [0.5, 0.6) is 0 Å². The molecule has 2 aromatic rings. The molecule has 0 aromatic heterocycles. The maximum absolute atomic E-state index is 12.5. The molecule has 0 atom stereocenters. The molecule has 2 aliphatic rings. The standard InChI is InChI=1S/C25H30N2O2/c28-24(22-10-8-21(9-11-22)20-4-2-1-3-5-20)12-13-25(29)27-16-14-23(15-17-27)26-18-19-6-7-19/h1-5,8-11,19,23,26H,6-7,12-18H2. The van der Waals surface area contributed by atoms with E-state index in [4.69, 9.17) is 0 Å². The number of amides is 1. The fourth-order valence-corrected chi connectivity index (χ4v) is 3.99. The van der Waals surface area contributed by atoms with Gasteiger partial charge in [0.1, 0.15) is 0 Å². The predicted octanol–water partition coefficient (Wildman–Crippen LogP) is 4.31. The minimum atomic E-state index is 0.0407. The number of Topliss-reactive ketones (excluding diaryl/α,β-unsaturated/α-hetero) is 1. The maximum atomic E-state index is 12.5. The van der Waals surface area contributed by atoms with Crippen molar-refractivity contribution < 1.29 is 9.59 Å². The molecule has 2 aromatic carbocycles. The molecule has 1 aliphatic carbocycles. The predicted molar refractivity (Wildman–Crippen MR) is 116 cm³/mol. The van der Waals surface area contributed by atoms with Crippen LogP contribution in [0.3, 0.4) is 0 Å². The fraction of sp³-hybridized carbons (Fsp3) is 0.440. The highest BCUT2D eigenvalue weighted by Crippen LogP contribution is 2.28. The van der Waals surface area contributed by atoms with Crippen molar-refractivity contribution in [2.75, 3.05) is 19.6 Å². The van der Waals surface area contributed by atoms with Gasteiger partial charge in [0.15, 0.2) is 5.78 Å². The Labute approximate surface area is 173 Å². The van der Waals surface area contributed by atoms with Crippen LogP contribution in [-0.4, -0.2) is 42.3 Å². The summed E-state index contributed by atoms with van der Waals surface area (Å²) in [4.78, 5) is 26.9. The lowest BCUT2D eigenvalue weighted by molar-refractivity contribution is -0.132. The number of piperidine rings is 1. The van der Waals surface area contributed by atoms with Gasteiger partial charge in [0.25, 0.3) is 0 Å². The fourth-order valence-electron chi connectivity index (χ4n) is 3.99. The van der Waals surface area contributed by atoms with Crippen molar-refractivity contribution in [2.45, 2.75) is 44.6 Å². The molecular weight excluding hydrogens is 360 g/mol. The van der Waals surface area contributed by atoms with Crippen LogP contribution in [0.2, 0.25) is 0 Å². The first-order valence-electron chi connectivity index (χ1n) is 10.9. The largest absolute Gasteiger partial charge is 0.343 e. The molecule has 0 spiro atoms. The lowest BCUT2D eigenvalue weighted by Crippen LogP contribution is -2.45. The Morgan fingerprint density at radius 3 is 2.14 bits per heavy atom. The normalized spacial score (nSPS) is 17.3. The second-order valence-corrected chi connectivity index (χ2v) is 8.37. The third kappa shape index (κ3) is 5.54. The second kappa shape index (κ2) is 9.36. The van der Waals surface area contributed by atoms with Gasteiger partial charge in [-0.25, -0.2) is 0 Å². The number of nitrogens with zero attached hydrogens (tertiary/aromatic N) is 1. The molecule has 4 rings (SSSR count). The zero-order valence-electron chi connectivity index (χ0n) is 17.0. The molecule has 1 N–H and O–H groups in total. The zero-order chi connectivity index (χ0) is 20.1. The van der Waals surface area contributed by atoms with E-state index in [0.717, 1.165) is 49.5 Å².